The van der Waals surface area contributed by atoms with Crippen LogP contribution in [0.5, 0.6) is 0 Å². The first kappa shape index (κ1) is 14.1. The Kier molecular flexibility index (Phi) is 4.59. The van der Waals surface area contributed by atoms with Crippen LogP contribution in [0.1, 0.15) is 34.8 Å². The number of hydrogen-bond acceptors (Lipinski definition) is 2. The molecule has 0 radical (unpaired) electrons. The summed E-state index contributed by atoms with van der Waals surface area (Å²) in [7, 11) is 0. The summed E-state index contributed by atoms with van der Waals surface area (Å²) in [6.45, 7) is 9.13. The number of carbonyl (C=O) groups excluding carboxylic acids is 1. The molecule has 2 atom stereocenters. The number of rotatable bonds is 3. The first-order valence-corrected chi connectivity index (χ1v) is 7.14. The standard InChI is InChI=1S/C16H24N2O/c1-11-7-8-17-9-14(11)10-18-16(19)15-12(2)5-4-6-13(15)3/h4-6,11,14,17H,7-10H2,1-3H3,(H,18,19). The second-order valence-corrected chi connectivity index (χ2v) is 5.71. The van der Waals surface area contributed by atoms with E-state index in [1.807, 2.05) is 32.0 Å². The van der Waals surface area contributed by atoms with Crippen LogP contribution < -0.4 is 10.6 Å². The maximum atomic E-state index is 12.3. The Morgan fingerprint density at radius 2 is 2.05 bits per heavy atom. The summed E-state index contributed by atoms with van der Waals surface area (Å²) < 4.78 is 0. The van der Waals surface area contributed by atoms with Crippen molar-refractivity contribution in [2.45, 2.75) is 27.2 Å². The van der Waals surface area contributed by atoms with Gasteiger partial charge in [-0.2, -0.15) is 0 Å². The summed E-state index contributed by atoms with van der Waals surface area (Å²) in [4.78, 5) is 12.3. The van der Waals surface area contributed by atoms with Gasteiger partial charge >= 0.3 is 0 Å². The lowest BCUT2D eigenvalue weighted by Crippen LogP contribution is -2.42. The van der Waals surface area contributed by atoms with Gasteiger partial charge in [0, 0.05) is 12.1 Å². The highest BCUT2D eigenvalue weighted by Gasteiger charge is 2.22. The Labute approximate surface area is 115 Å². The SMILES string of the molecule is Cc1cccc(C)c1C(=O)NCC1CNCCC1C. The Hall–Kier alpha value is -1.35. The highest BCUT2D eigenvalue weighted by Crippen LogP contribution is 2.18. The molecule has 104 valence electrons. The van der Waals surface area contributed by atoms with Gasteiger partial charge in [-0.3, -0.25) is 4.79 Å². The van der Waals surface area contributed by atoms with Crippen LogP contribution in [0.15, 0.2) is 18.2 Å². The van der Waals surface area contributed by atoms with E-state index in [2.05, 4.69) is 17.6 Å². The van der Waals surface area contributed by atoms with Crippen molar-refractivity contribution in [3.8, 4) is 0 Å². The highest BCUT2D eigenvalue weighted by molar-refractivity contribution is 5.97. The molecule has 2 unspecified atom stereocenters. The molecule has 1 aromatic carbocycles. The molecule has 0 aliphatic carbocycles. The Morgan fingerprint density at radius 1 is 1.37 bits per heavy atom. The van der Waals surface area contributed by atoms with Crippen molar-refractivity contribution in [1.82, 2.24) is 10.6 Å². The van der Waals surface area contributed by atoms with Crippen molar-refractivity contribution in [2.24, 2.45) is 11.8 Å². The minimum absolute atomic E-state index is 0.0633. The summed E-state index contributed by atoms with van der Waals surface area (Å²) in [5.74, 6) is 1.29. The van der Waals surface area contributed by atoms with Crippen LogP contribution in [0.4, 0.5) is 0 Å². The predicted molar refractivity (Wildman–Crippen MR) is 78.4 cm³/mol. The summed E-state index contributed by atoms with van der Waals surface area (Å²) in [6, 6.07) is 5.98. The summed E-state index contributed by atoms with van der Waals surface area (Å²) in [5.41, 5.74) is 2.93. The van der Waals surface area contributed by atoms with E-state index in [0.29, 0.717) is 11.8 Å². The first-order valence-electron chi connectivity index (χ1n) is 7.14. The number of benzene rings is 1. The maximum Gasteiger partial charge on any atom is 0.251 e. The predicted octanol–water partition coefficient (Wildman–Crippen LogP) is 2.28. The molecule has 1 amide bonds. The molecule has 0 spiro atoms. The van der Waals surface area contributed by atoms with E-state index >= 15 is 0 Å². The second kappa shape index (κ2) is 6.20. The largest absolute Gasteiger partial charge is 0.352 e. The van der Waals surface area contributed by atoms with Crippen LogP contribution in [0.3, 0.4) is 0 Å². The molecular weight excluding hydrogens is 236 g/mol. The average molecular weight is 260 g/mol. The Balaban J connectivity index is 1.97. The van der Waals surface area contributed by atoms with Gasteiger partial charge in [0.2, 0.25) is 0 Å². The van der Waals surface area contributed by atoms with Gasteiger partial charge in [0.25, 0.3) is 5.91 Å². The zero-order valence-electron chi connectivity index (χ0n) is 12.1. The van der Waals surface area contributed by atoms with E-state index in [9.17, 15) is 4.79 Å². The van der Waals surface area contributed by atoms with E-state index in [1.54, 1.807) is 0 Å². The van der Waals surface area contributed by atoms with E-state index in [0.717, 1.165) is 36.3 Å². The highest BCUT2D eigenvalue weighted by atomic mass is 16.1. The van der Waals surface area contributed by atoms with Crippen LogP contribution >= 0.6 is 0 Å². The van der Waals surface area contributed by atoms with Gasteiger partial charge in [-0.25, -0.2) is 0 Å². The number of carbonyl (C=O) groups is 1. The number of hydrogen-bond donors (Lipinski definition) is 2. The Morgan fingerprint density at radius 3 is 2.68 bits per heavy atom. The average Bonchev–Trinajstić information content (AvgIpc) is 2.37. The summed E-state index contributed by atoms with van der Waals surface area (Å²) in [5, 5.41) is 6.50. The van der Waals surface area contributed by atoms with Crippen LogP contribution in [-0.4, -0.2) is 25.5 Å². The van der Waals surface area contributed by atoms with Gasteiger partial charge in [-0.1, -0.05) is 25.1 Å². The van der Waals surface area contributed by atoms with Crippen LogP contribution in [0, 0.1) is 25.7 Å². The van der Waals surface area contributed by atoms with Crippen LogP contribution in [0.25, 0.3) is 0 Å². The van der Waals surface area contributed by atoms with E-state index in [-0.39, 0.29) is 5.91 Å². The minimum atomic E-state index is 0.0633. The van der Waals surface area contributed by atoms with Gasteiger partial charge in [-0.15, -0.1) is 0 Å². The second-order valence-electron chi connectivity index (χ2n) is 5.71. The number of amides is 1. The zero-order chi connectivity index (χ0) is 13.8. The monoisotopic (exact) mass is 260 g/mol. The Bertz CT molecular complexity index is 436. The molecule has 0 saturated carbocycles. The number of aryl methyl sites for hydroxylation is 2. The fourth-order valence-corrected chi connectivity index (χ4v) is 2.81. The van der Waals surface area contributed by atoms with E-state index in [1.165, 1.54) is 6.42 Å². The zero-order valence-corrected chi connectivity index (χ0v) is 12.1. The van der Waals surface area contributed by atoms with Crippen molar-refractivity contribution >= 4 is 5.91 Å². The fourth-order valence-electron chi connectivity index (χ4n) is 2.81. The fraction of sp³-hybridized carbons (Fsp3) is 0.562. The van der Waals surface area contributed by atoms with Crippen molar-refractivity contribution in [2.75, 3.05) is 19.6 Å². The molecule has 0 aromatic heterocycles. The van der Waals surface area contributed by atoms with Crippen molar-refractivity contribution in [3.63, 3.8) is 0 Å². The molecule has 0 bridgehead atoms. The van der Waals surface area contributed by atoms with Gasteiger partial charge in [0.05, 0.1) is 0 Å². The van der Waals surface area contributed by atoms with Crippen molar-refractivity contribution < 1.29 is 4.79 Å². The molecule has 1 aliphatic heterocycles. The number of piperidine rings is 1. The normalized spacial score (nSPS) is 23.1. The quantitative estimate of drug-likeness (QED) is 0.875. The lowest BCUT2D eigenvalue weighted by molar-refractivity contribution is 0.0937. The third kappa shape index (κ3) is 3.35. The molecule has 1 fully saturated rings. The maximum absolute atomic E-state index is 12.3. The lowest BCUT2D eigenvalue weighted by atomic mass is 9.88. The molecule has 1 aromatic rings. The van der Waals surface area contributed by atoms with Crippen molar-refractivity contribution in [1.29, 1.82) is 0 Å². The van der Waals surface area contributed by atoms with E-state index in [4.69, 9.17) is 0 Å². The topological polar surface area (TPSA) is 41.1 Å². The smallest absolute Gasteiger partial charge is 0.251 e. The molecule has 3 heteroatoms. The first-order chi connectivity index (χ1) is 9.09. The van der Waals surface area contributed by atoms with Gasteiger partial charge in [-0.05, 0) is 56.3 Å². The van der Waals surface area contributed by atoms with E-state index < -0.39 is 0 Å². The molecule has 2 rings (SSSR count). The molecular formula is C16H24N2O. The van der Waals surface area contributed by atoms with Gasteiger partial charge in [0.15, 0.2) is 0 Å². The van der Waals surface area contributed by atoms with Gasteiger partial charge < -0.3 is 10.6 Å². The summed E-state index contributed by atoms with van der Waals surface area (Å²) in [6.07, 6.45) is 1.20. The van der Waals surface area contributed by atoms with Crippen LogP contribution in [0.2, 0.25) is 0 Å². The van der Waals surface area contributed by atoms with Gasteiger partial charge in [0.1, 0.15) is 0 Å². The molecule has 2 N–H and O–H groups in total. The van der Waals surface area contributed by atoms with Crippen LogP contribution in [-0.2, 0) is 0 Å². The molecule has 3 nitrogen and oxygen atoms in total. The molecule has 1 saturated heterocycles. The minimum Gasteiger partial charge on any atom is -0.352 e. The lowest BCUT2D eigenvalue weighted by Gasteiger charge is -2.29. The molecule has 1 heterocycles. The van der Waals surface area contributed by atoms with Crippen molar-refractivity contribution in [3.05, 3.63) is 34.9 Å². The molecule has 1 aliphatic rings. The third-order valence-corrected chi connectivity index (χ3v) is 4.22. The molecule has 19 heavy (non-hydrogen) atoms. The number of nitrogens with one attached hydrogen (secondary N) is 2. The summed E-state index contributed by atoms with van der Waals surface area (Å²) >= 11 is 0. The third-order valence-electron chi connectivity index (χ3n) is 4.22.